The number of unbranched alkanes of at least 4 members (excludes halogenated alkanes) is 1. The molecule has 3 aliphatic rings. The van der Waals surface area contributed by atoms with Crippen molar-refractivity contribution < 1.29 is 14.7 Å². The number of hydrogen-bond donors (Lipinski definition) is 2. The lowest BCUT2D eigenvalue weighted by Gasteiger charge is -2.45. The van der Waals surface area contributed by atoms with Gasteiger partial charge in [0.1, 0.15) is 5.75 Å². The van der Waals surface area contributed by atoms with Crippen molar-refractivity contribution in [3.63, 3.8) is 0 Å². The molecule has 4 rings (SSSR count). The maximum Gasteiger partial charge on any atom is 0.172 e. The van der Waals surface area contributed by atoms with Crippen molar-refractivity contribution in [2.45, 2.75) is 71.8 Å². The highest BCUT2D eigenvalue weighted by Gasteiger charge is 2.57. The molecule has 1 aromatic carbocycles. The number of carbonyl (C=O) groups excluding carboxylic acids is 2. The Morgan fingerprint density at radius 1 is 1.36 bits per heavy atom. The van der Waals surface area contributed by atoms with E-state index in [-0.39, 0.29) is 28.8 Å². The zero-order chi connectivity index (χ0) is 20.1. The summed E-state index contributed by atoms with van der Waals surface area (Å²) in [5.74, 6) is 0.332. The molecule has 2 unspecified atom stereocenters. The number of ketones is 2. The Morgan fingerprint density at radius 3 is 2.82 bits per heavy atom. The molecule has 0 saturated carbocycles. The number of Topliss-reactive ketones (excluding diaryl/α,β-unsaturated/α-hetero) is 2. The quantitative estimate of drug-likeness (QED) is 0.750. The number of phenols is 1. The van der Waals surface area contributed by atoms with Gasteiger partial charge in [0.05, 0.1) is 11.5 Å². The summed E-state index contributed by atoms with van der Waals surface area (Å²) in [5, 5.41) is 13.3. The average molecular weight is 382 g/mol. The van der Waals surface area contributed by atoms with Crippen LogP contribution in [0.2, 0.25) is 0 Å². The summed E-state index contributed by atoms with van der Waals surface area (Å²) in [6, 6.07) is 5.30. The summed E-state index contributed by atoms with van der Waals surface area (Å²) in [6.07, 6.45) is 6.32. The third-order valence-corrected chi connectivity index (χ3v) is 7.26. The molecular formula is C24H31NO3. The molecule has 1 aliphatic heterocycles. The topological polar surface area (TPSA) is 66.4 Å². The molecular weight excluding hydrogens is 350 g/mol. The number of phenolic OH excluding ortho intramolecular Hbond substituents is 1. The first-order valence-corrected chi connectivity index (χ1v) is 10.7. The van der Waals surface area contributed by atoms with Crippen LogP contribution in [0, 0.1) is 10.8 Å². The summed E-state index contributed by atoms with van der Waals surface area (Å²) in [4.78, 5) is 27.0. The van der Waals surface area contributed by atoms with E-state index in [0.29, 0.717) is 6.42 Å². The van der Waals surface area contributed by atoms with Crippen molar-refractivity contribution in [2.24, 2.45) is 10.8 Å². The van der Waals surface area contributed by atoms with Gasteiger partial charge in [-0.1, -0.05) is 25.8 Å². The Kier molecular flexibility index (Phi) is 4.73. The third kappa shape index (κ3) is 2.76. The van der Waals surface area contributed by atoms with Crippen molar-refractivity contribution in [1.29, 1.82) is 0 Å². The SMILES string of the molecule is CCCCC12Cc3cc(O)ccc3C1=C(C)C(=O)C(C)(C(=O)[C@@H]1CCCN1)C2. The van der Waals surface area contributed by atoms with Crippen LogP contribution < -0.4 is 5.32 Å². The number of rotatable bonds is 5. The van der Waals surface area contributed by atoms with Gasteiger partial charge in [0.15, 0.2) is 11.6 Å². The smallest absolute Gasteiger partial charge is 0.172 e. The van der Waals surface area contributed by atoms with Crippen LogP contribution in [0.1, 0.15) is 70.4 Å². The molecule has 0 radical (unpaired) electrons. The van der Waals surface area contributed by atoms with Crippen molar-refractivity contribution in [3.8, 4) is 5.75 Å². The van der Waals surface area contributed by atoms with Gasteiger partial charge in [-0.2, -0.15) is 0 Å². The second-order valence-corrected chi connectivity index (χ2v) is 9.25. The van der Waals surface area contributed by atoms with E-state index in [2.05, 4.69) is 12.2 Å². The molecule has 150 valence electrons. The van der Waals surface area contributed by atoms with E-state index >= 15 is 0 Å². The van der Waals surface area contributed by atoms with Crippen LogP contribution in [0.25, 0.3) is 5.57 Å². The zero-order valence-electron chi connectivity index (χ0n) is 17.2. The monoisotopic (exact) mass is 381 g/mol. The minimum atomic E-state index is -0.965. The summed E-state index contributed by atoms with van der Waals surface area (Å²) in [7, 11) is 0. The molecule has 1 aromatic rings. The second-order valence-electron chi connectivity index (χ2n) is 9.25. The molecule has 0 aromatic heterocycles. The summed E-state index contributed by atoms with van der Waals surface area (Å²) in [6.45, 7) is 6.83. The van der Waals surface area contributed by atoms with Gasteiger partial charge < -0.3 is 10.4 Å². The van der Waals surface area contributed by atoms with Crippen LogP contribution in [0.15, 0.2) is 23.8 Å². The molecule has 28 heavy (non-hydrogen) atoms. The van der Waals surface area contributed by atoms with Crippen LogP contribution >= 0.6 is 0 Å². The van der Waals surface area contributed by atoms with Gasteiger partial charge in [-0.05, 0) is 86.9 Å². The maximum absolute atomic E-state index is 13.5. The predicted octanol–water partition coefficient (Wildman–Crippen LogP) is 4.20. The molecule has 0 bridgehead atoms. The number of nitrogens with one attached hydrogen (secondary N) is 1. The Labute approximate surface area is 167 Å². The van der Waals surface area contributed by atoms with Crippen molar-refractivity contribution in [2.75, 3.05) is 6.54 Å². The summed E-state index contributed by atoms with van der Waals surface area (Å²) in [5.41, 5.74) is 2.93. The number of hydrogen-bond acceptors (Lipinski definition) is 4. The lowest BCUT2D eigenvalue weighted by atomic mass is 9.56. The van der Waals surface area contributed by atoms with Gasteiger partial charge in [-0.3, -0.25) is 9.59 Å². The molecule has 4 nitrogen and oxygen atoms in total. The van der Waals surface area contributed by atoms with Gasteiger partial charge in [-0.25, -0.2) is 0 Å². The third-order valence-electron chi connectivity index (χ3n) is 7.26. The zero-order valence-corrected chi connectivity index (χ0v) is 17.2. The largest absolute Gasteiger partial charge is 0.508 e. The number of allylic oxidation sites excluding steroid dienone is 2. The highest BCUT2D eigenvalue weighted by molar-refractivity contribution is 6.20. The molecule has 3 atom stereocenters. The Morgan fingerprint density at radius 2 is 2.14 bits per heavy atom. The van der Waals surface area contributed by atoms with E-state index in [0.717, 1.165) is 67.3 Å². The number of carbonyl (C=O) groups is 2. The molecule has 0 spiro atoms. The van der Waals surface area contributed by atoms with Crippen molar-refractivity contribution >= 4 is 17.1 Å². The normalized spacial score (nSPS) is 31.8. The standard InChI is InChI=1S/C24H31NO3/c1-4-5-10-24-13-16-12-17(26)8-9-18(16)20(24)15(2)21(27)23(3,14-24)22(28)19-7-6-11-25-19/h8-9,12,19,25-26H,4-7,10-11,13-14H2,1-3H3/t19-,23?,24?/m0/s1. The fraction of sp³-hybridized carbons (Fsp3) is 0.583. The van der Waals surface area contributed by atoms with Gasteiger partial charge >= 0.3 is 0 Å². The summed E-state index contributed by atoms with van der Waals surface area (Å²) >= 11 is 0. The number of aromatic hydroxyl groups is 1. The first kappa shape index (κ1) is 19.4. The average Bonchev–Trinajstić information content (AvgIpc) is 3.29. The Bertz CT molecular complexity index is 865. The first-order chi connectivity index (χ1) is 13.3. The van der Waals surface area contributed by atoms with Crippen LogP contribution in [-0.2, 0) is 16.0 Å². The lowest BCUT2D eigenvalue weighted by molar-refractivity contribution is -0.141. The van der Waals surface area contributed by atoms with Crippen molar-refractivity contribution in [1.82, 2.24) is 5.32 Å². The van der Waals surface area contributed by atoms with Crippen LogP contribution in [0.3, 0.4) is 0 Å². The van der Waals surface area contributed by atoms with Crippen molar-refractivity contribution in [3.05, 3.63) is 34.9 Å². The summed E-state index contributed by atoms with van der Waals surface area (Å²) < 4.78 is 0. The van der Waals surface area contributed by atoms with Gasteiger partial charge in [0.25, 0.3) is 0 Å². The Hall–Kier alpha value is -1.94. The van der Waals surface area contributed by atoms with Gasteiger partial charge in [0, 0.05) is 5.41 Å². The lowest BCUT2D eigenvalue weighted by Crippen LogP contribution is -2.51. The predicted molar refractivity (Wildman–Crippen MR) is 110 cm³/mol. The van der Waals surface area contributed by atoms with Gasteiger partial charge in [-0.15, -0.1) is 0 Å². The van der Waals surface area contributed by atoms with Crippen LogP contribution in [-0.4, -0.2) is 29.3 Å². The molecule has 1 heterocycles. The molecule has 2 N–H and O–H groups in total. The number of fused-ring (bicyclic) bond motifs is 3. The highest BCUT2D eigenvalue weighted by Crippen LogP contribution is 2.60. The minimum absolute atomic E-state index is 0.00533. The molecule has 1 fully saturated rings. The van der Waals surface area contributed by atoms with E-state index < -0.39 is 5.41 Å². The van der Waals surface area contributed by atoms with Crippen LogP contribution in [0.4, 0.5) is 0 Å². The van der Waals surface area contributed by atoms with E-state index in [1.165, 1.54) is 0 Å². The maximum atomic E-state index is 13.5. The first-order valence-electron chi connectivity index (χ1n) is 10.7. The van der Waals surface area contributed by atoms with E-state index in [1.807, 2.05) is 26.0 Å². The van der Waals surface area contributed by atoms with E-state index in [4.69, 9.17) is 0 Å². The van der Waals surface area contributed by atoms with Crippen LogP contribution in [0.5, 0.6) is 5.75 Å². The molecule has 2 aliphatic carbocycles. The molecule has 0 amide bonds. The van der Waals surface area contributed by atoms with Gasteiger partial charge in [0.2, 0.25) is 0 Å². The van der Waals surface area contributed by atoms with E-state index in [1.54, 1.807) is 6.07 Å². The molecule has 4 heteroatoms. The number of benzene rings is 1. The Balaban J connectivity index is 1.83. The fourth-order valence-corrected chi connectivity index (χ4v) is 6.05. The fourth-order valence-electron chi connectivity index (χ4n) is 6.05. The highest BCUT2D eigenvalue weighted by atomic mass is 16.3. The molecule has 1 saturated heterocycles. The minimum Gasteiger partial charge on any atom is -0.508 e. The van der Waals surface area contributed by atoms with E-state index in [9.17, 15) is 14.7 Å². The second kappa shape index (κ2) is 6.84.